The van der Waals surface area contributed by atoms with Crippen molar-refractivity contribution in [1.82, 2.24) is 9.80 Å². The summed E-state index contributed by atoms with van der Waals surface area (Å²) in [5, 5.41) is 8.55. The van der Waals surface area contributed by atoms with Crippen LogP contribution < -0.4 is 0 Å². The highest BCUT2D eigenvalue weighted by atomic mass is 16.6. The molecule has 1 heterocycles. The zero-order chi connectivity index (χ0) is 15.2. The van der Waals surface area contributed by atoms with Gasteiger partial charge in [0.2, 0.25) is 0 Å². The lowest BCUT2D eigenvalue weighted by Gasteiger charge is -2.26. The Kier molecular flexibility index (Phi) is 6.01. The molecule has 1 N–H and O–H groups in total. The van der Waals surface area contributed by atoms with Gasteiger partial charge in [-0.15, -0.1) is 0 Å². The first kappa shape index (κ1) is 16.5. The lowest BCUT2D eigenvalue weighted by Crippen LogP contribution is -2.39. The van der Waals surface area contributed by atoms with E-state index in [4.69, 9.17) is 9.84 Å². The van der Waals surface area contributed by atoms with Crippen LogP contribution in [-0.4, -0.2) is 65.3 Å². The summed E-state index contributed by atoms with van der Waals surface area (Å²) < 4.78 is 5.36. The molecule has 1 saturated heterocycles. The van der Waals surface area contributed by atoms with E-state index in [0.717, 1.165) is 25.6 Å². The number of hydrogen-bond acceptors (Lipinski definition) is 4. The van der Waals surface area contributed by atoms with E-state index in [2.05, 4.69) is 4.90 Å². The van der Waals surface area contributed by atoms with Gasteiger partial charge in [-0.25, -0.2) is 9.59 Å². The summed E-state index contributed by atoms with van der Waals surface area (Å²) in [6.07, 6.45) is 3.36. The van der Waals surface area contributed by atoms with Crippen molar-refractivity contribution >= 4 is 12.1 Å². The van der Waals surface area contributed by atoms with Gasteiger partial charge < -0.3 is 14.7 Å². The first-order valence-electron chi connectivity index (χ1n) is 6.88. The molecule has 114 valence electrons. The number of aliphatic carboxylic acids is 1. The molecule has 1 aliphatic heterocycles. The van der Waals surface area contributed by atoms with E-state index >= 15 is 0 Å². The summed E-state index contributed by atoms with van der Waals surface area (Å²) in [4.78, 5) is 26.2. The molecule has 1 rings (SSSR count). The summed E-state index contributed by atoms with van der Waals surface area (Å²) in [6, 6.07) is 0. The molecule has 0 saturated carbocycles. The summed E-state index contributed by atoms with van der Waals surface area (Å²) >= 11 is 0. The maximum atomic E-state index is 12.0. The lowest BCUT2D eigenvalue weighted by atomic mass is 10.2. The Bertz CT molecular complexity index is 374. The van der Waals surface area contributed by atoms with E-state index in [9.17, 15) is 9.59 Å². The SMILES string of the molecule is CC(C)(C)OC(=O)N1CCCN(C/C=C/C(=O)O)CC1. The topological polar surface area (TPSA) is 70.1 Å². The Morgan fingerprint density at radius 1 is 1.20 bits per heavy atom. The number of carbonyl (C=O) groups is 2. The van der Waals surface area contributed by atoms with Gasteiger partial charge >= 0.3 is 12.1 Å². The number of carboxylic acids is 1. The van der Waals surface area contributed by atoms with Crippen molar-refractivity contribution in [3.05, 3.63) is 12.2 Å². The normalized spacial score (nSPS) is 18.1. The fraction of sp³-hybridized carbons (Fsp3) is 0.714. The first-order valence-corrected chi connectivity index (χ1v) is 6.88. The van der Waals surface area contributed by atoms with E-state index in [1.807, 2.05) is 20.8 Å². The van der Waals surface area contributed by atoms with Crippen molar-refractivity contribution in [3.63, 3.8) is 0 Å². The van der Waals surface area contributed by atoms with E-state index in [1.165, 1.54) is 0 Å². The maximum absolute atomic E-state index is 12.0. The molecule has 1 amide bonds. The van der Waals surface area contributed by atoms with Crippen LogP contribution in [0.2, 0.25) is 0 Å². The van der Waals surface area contributed by atoms with Crippen molar-refractivity contribution in [2.24, 2.45) is 0 Å². The zero-order valence-corrected chi connectivity index (χ0v) is 12.5. The van der Waals surface area contributed by atoms with E-state index in [0.29, 0.717) is 19.6 Å². The lowest BCUT2D eigenvalue weighted by molar-refractivity contribution is -0.131. The van der Waals surface area contributed by atoms with Crippen LogP contribution in [0.25, 0.3) is 0 Å². The number of amides is 1. The molecule has 0 spiro atoms. The molecule has 1 fully saturated rings. The van der Waals surface area contributed by atoms with Crippen LogP contribution in [0.15, 0.2) is 12.2 Å². The van der Waals surface area contributed by atoms with E-state index in [-0.39, 0.29) is 6.09 Å². The van der Waals surface area contributed by atoms with Gasteiger partial charge in [-0.3, -0.25) is 4.90 Å². The minimum Gasteiger partial charge on any atom is -0.478 e. The van der Waals surface area contributed by atoms with Gasteiger partial charge in [-0.05, 0) is 27.2 Å². The van der Waals surface area contributed by atoms with Gasteiger partial charge in [0.1, 0.15) is 5.60 Å². The molecule has 0 aromatic heterocycles. The van der Waals surface area contributed by atoms with Gasteiger partial charge in [-0.2, -0.15) is 0 Å². The van der Waals surface area contributed by atoms with Crippen molar-refractivity contribution in [1.29, 1.82) is 0 Å². The molecule has 1 aliphatic rings. The van der Waals surface area contributed by atoms with Crippen molar-refractivity contribution in [3.8, 4) is 0 Å². The molecular formula is C14H24N2O4. The Morgan fingerprint density at radius 2 is 1.90 bits per heavy atom. The second-order valence-electron chi connectivity index (χ2n) is 5.86. The van der Waals surface area contributed by atoms with Gasteiger partial charge in [-0.1, -0.05) is 6.08 Å². The van der Waals surface area contributed by atoms with Crippen LogP contribution in [0, 0.1) is 0 Å². The second-order valence-corrected chi connectivity index (χ2v) is 5.86. The minimum atomic E-state index is -0.935. The third kappa shape index (κ3) is 6.56. The number of hydrogen-bond donors (Lipinski definition) is 1. The van der Waals surface area contributed by atoms with Crippen LogP contribution in [0.4, 0.5) is 4.79 Å². The smallest absolute Gasteiger partial charge is 0.410 e. The highest BCUT2D eigenvalue weighted by molar-refractivity contribution is 5.79. The van der Waals surface area contributed by atoms with Crippen molar-refractivity contribution in [2.45, 2.75) is 32.8 Å². The predicted octanol–water partition coefficient (Wildman–Crippen LogP) is 1.57. The number of carbonyl (C=O) groups excluding carboxylic acids is 1. The zero-order valence-electron chi connectivity index (χ0n) is 12.5. The summed E-state index contributed by atoms with van der Waals surface area (Å²) in [5.41, 5.74) is -0.479. The van der Waals surface area contributed by atoms with Gasteiger partial charge in [0.15, 0.2) is 0 Å². The summed E-state index contributed by atoms with van der Waals surface area (Å²) in [5.74, 6) is -0.935. The Balaban J connectivity index is 2.43. The molecule has 0 unspecified atom stereocenters. The maximum Gasteiger partial charge on any atom is 0.410 e. The van der Waals surface area contributed by atoms with Gasteiger partial charge in [0.25, 0.3) is 0 Å². The van der Waals surface area contributed by atoms with Crippen LogP contribution in [0.3, 0.4) is 0 Å². The number of ether oxygens (including phenoxy) is 1. The minimum absolute atomic E-state index is 0.277. The quantitative estimate of drug-likeness (QED) is 0.797. The molecular weight excluding hydrogens is 260 g/mol. The van der Waals surface area contributed by atoms with Crippen molar-refractivity contribution in [2.75, 3.05) is 32.7 Å². The molecule has 6 nitrogen and oxygen atoms in total. The molecule has 0 atom stereocenters. The summed E-state index contributed by atoms with van der Waals surface area (Å²) in [6.45, 7) is 9.01. The van der Waals surface area contributed by atoms with Gasteiger partial charge in [0, 0.05) is 38.8 Å². The average molecular weight is 284 g/mol. The highest BCUT2D eigenvalue weighted by Gasteiger charge is 2.23. The molecule has 0 bridgehead atoms. The molecule has 0 aromatic rings. The van der Waals surface area contributed by atoms with Gasteiger partial charge in [0.05, 0.1) is 0 Å². The molecule has 0 radical (unpaired) electrons. The Morgan fingerprint density at radius 3 is 2.50 bits per heavy atom. The first-order chi connectivity index (χ1) is 9.28. The summed E-state index contributed by atoms with van der Waals surface area (Å²) in [7, 11) is 0. The fourth-order valence-corrected chi connectivity index (χ4v) is 1.97. The van der Waals surface area contributed by atoms with Crippen molar-refractivity contribution < 1.29 is 19.4 Å². The van der Waals surface area contributed by atoms with Crippen LogP contribution in [0.5, 0.6) is 0 Å². The standard InChI is InChI=1S/C14H24N2O4/c1-14(2,3)20-13(19)16-9-5-8-15(10-11-16)7-4-6-12(17)18/h4,6H,5,7-11H2,1-3H3,(H,17,18)/b6-4+. The van der Waals surface area contributed by atoms with Crippen LogP contribution >= 0.6 is 0 Å². The van der Waals surface area contributed by atoms with E-state index < -0.39 is 11.6 Å². The fourth-order valence-electron chi connectivity index (χ4n) is 1.97. The second kappa shape index (κ2) is 7.28. The van der Waals surface area contributed by atoms with E-state index in [1.54, 1.807) is 11.0 Å². The number of carboxylic acid groups (broad SMARTS) is 1. The molecule has 0 aliphatic carbocycles. The third-order valence-electron chi connectivity index (χ3n) is 2.86. The average Bonchev–Trinajstić information content (AvgIpc) is 2.52. The molecule has 6 heteroatoms. The third-order valence-corrected chi connectivity index (χ3v) is 2.86. The largest absolute Gasteiger partial charge is 0.478 e. The number of rotatable bonds is 3. The highest BCUT2D eigenvalue weighted by Crippen LogP contribution is 2.12. The monoisotopic (exact) mass is 284 g/mol. The molecule has 20 heavy (non-hydrogen) atoms. The molecule has 0 aromatic carbocycles. The Hall–Kier alpha value is -1.56. The number of nitrogens with zero attached hydrogens (tertiary/aromatic N) is 2. The predicted molar refractivity (Wildman–Crippen MR) is 75.6 cm³/mol. The van der Waals surface area contributed by atoms with Crippen LogP contribution in [0.1, 0.15) is 27.2 Å². The van der Waals surface area contributed by atoms with Crippen LogP contribution in [-0.2, 0) is 9.53 Å². The Labute approximate surface area is 120 Å².